The third kappa shape index (κ3) is 3.31. The minimum Gasteiger partial charge on any atom is -0.490 e. The van der Waals surface area contributed by atoms with Crippen LogP contribution in [0.4, 0.5) is 0 Å². The standard InChI is InChI=1S/C16H23NO3/c1-3-17-16(15(18)19)9-5-8-14(11-16)20-13-7-4-6-12(2)10-13/h4,6-7,10,14,17H,3,5,8-9,11H2,1-2H3,(H,18,19). The second kappa shape index (κ2) is 6.27. The fourth-order valence-electron chi connectivity index (χ4n) is 2.97. The van der Waals surface area contributed by atoms with E-state index in [4.69, 9.17) is 4.74 Å². The predicted molar refractivity (Wildman–Crippen MR) is 78.1 cm³/mol. The summed E-state index contributed by atoms with van der Waals surface area (Å²) in [7, 11) is 0. The van der Waals surface area contributed by atoms with Crippen molar-refractivity contribution in [3.8, 4) is 5.75 Å². The van der Waals surface area contributed by atoms with Gasteiger partial charge in [0.05, 0.1) is 0 Å². The molecule has 4 nitrogen and oxygen atoms in total. The normalized spacial score (nSPS) is 26.2. The molecule has 1 aromatic carbocycles. The molecule has 1 aromatic rings. The molecule has 0 amide bonds. The number of ether oxygens (including phenoxy) is 1. The Kier molecular flexibility index (Phi) is 4.65. The average Bonchev–Trinajstić information content (AvgIpc) is 2.39. The van der Waals surface area contributed by atoms with Crippen LogP contribution in [0, 0.1) is 6.92 Å². The van der Waals surface area contributed by atoms with Crippen LogP contribution in [0.2, 0.25) is 0 Å². The Morgan fingerprint density at radius 2 is 2.35 bits per heavy atom. The first-order valence-corrected chi connectivity index (χ1v) is 7.27. The van der Waals surface area contributed by atoms with Crippen molar-refractivity contribution in [2.75, 3.05) is 6.54 Å². The molecule has 1 aliphatic carbocycles. The van der Waals surface area contributed by atoms with Crippen LogP contribution in [0.25, 0.3) is 0 Å². The van der Waals surface area contributed by atoms with Gasteiger partial charge >= 0.3 is 5.97 Å². The molecule has 2 N–H and O–H groups in total. The Bertz CT molecular complexity index is 471. The van der Waals surface area contributed by atoms with Crippen molar-refractivity contribution < 1.29 is 14.6 Å². The van der Waals surface area contributed by atoms with Crippen LogP contribution in [-0.2, 0) is 4.79 Å². The number of carboxylic acid groups (broad SMARTS) is 1. The van der Waals surface area contributed by atoms with Gasteiger partial charge in [-0.25, -0.2) is 0 Å². The summed E-state index contributed by atoms with van der Waals surface area (Å²) in [6.45, 7) is 4.62. The summed E-state index contributed by atoms with van der Waals surface area (Å²) in [4.78, 5) is 11.6. The smallest absolute Gasteiger partial charge is 0.324 e. The van der Waals surface area contributed by atoms with E-state index in [9.17, 15) is 9.90 Å². The summed E-state index contributed by atoms with van der Waals surface area (Å²) < 4.78 is 5.98. The Hall–Kier alpha value is -1.55. The molecule has 0 heterocycles. The number of aliphatic carboxylic acids is 1. The summed E-state index contributed by atoms with van der Waals surface area (Å²) >= 11 is 0. The second-order valence-electron chi connectivity index (χ2n) is 5.57. The van der Waals surface area contributed by atoms with E-state index in [1.54, 1.807) is 0 Å². The van der Waals surface area contributed by atoms with Crippen molar-refractivity contribution in [2.45, 2.75) is 51.2 Å². The molecule has 1 fully saturated rings. The number of aryl methyl sites for hydroxylation is 1. The lowest BCUT2D eigenvalue weighted by atomic mass is 9.80. The molecular weight excluding hydrogens is 254 g/mol. The first kappa shape index (κ1) is 14.9. The van der Waals surface area contributed by atoms with Gasteiger partial charge in [0.2, 0.25) is 0 Å². The second-order valence-corrected chi connectivity index (χ2v) is 5.57. The molecule has 0 bridgehead atoms. The van der Waals surface area contributed by atoms with Gasteiger partial charge < -0.3 is 15.2 Å². The third-order valence-corrected chi connectivity index (χ3v) is 3.92. The van der Waals surface area contributed by atoms with E-state index < -0.39 is 11.5 Å². The molecule has 4 heteroatoms. The maximum atomic E-state index is 11.6. The van der Waals surface area contributed by atoms with Gasteiger partial charge in [-0.15, -0.1) is 0 Å². The van der Waals surface area contributed by atoms with Crippen molar-refractivity contribution in [3.63, 3.8) is 0 Å². The molecule has 0 spiro atoms. The maximum absolute atomic E-state index is 11.6. The number of carboxylic acids is 1. The van der Waals surface area contributed by atoms with E-state index in [0.717, 1.165) is 24.2 Å². The first-order chi connectivity index (χ1) is 9.55. The fourth-order valence-corrected chi connectivity index (χ4v) is 2.97. The summed E-state index contributed by atoms with van der Waals surface area (Å²) in [6.07, 6.45) is 2.93. The SMILES string of the molecule is CCNC1(C(=O)O)CCCC(Oc2cccc(C)c2)C1. The van der Waals surface area contributed by atoms with E-state index >= 15 is 0 Å². The third-order valence-electron chi connectivity index (χ3n) is 3.92. The molecule has 0 radical (unpaired) electrons. The lowest BCUT2D eigenvalue weighted by Gasteiger charge is -2.38. The quantitative estimate of drug-likeness (QED) is 0.869. The monoisotopic (exact) mass is 277 g/mol. The molecular formula is C16H23NO3. The molecule has 20 heavy (non-hydrogen) atoms. The van der Waals surface area contributed by atoms with E-state index in [2.05, 4.69) is 5.32 Å². The Morgan fingerprint density at radius 3 is 3.00 bits per heavy atom. The molecule has 2 unspecified atom stereocenters. The minimum atomic E-state index is -0.832. The van der Waals surface area contributed by atoms with Crippen LogP contribution >= 0.6 is 0 Å². The van der Waals surface area contributed by atoms with Crippen LogP contribution in [0.5, 0.6) is 5.75 Å². The van der Waals surface area contributed by atoms with Gasteiger partial charge in [-0.1, -0.05) is 19.1 Å². The van der Waals surface area contributed by atoms with E-state index in [1.165, 1.54) is 0 Å². The Labute approximate surface area is 120 Å². The van der Waals surface area contributed by atoms with Crippen LogP contribution < -0.4 is 10.1 Å². The van der Waals surface area contributed by atoms with Crippen LogP contribution in [-0.4, -0.2) is 29.3 Å². The van der Waals surface area contributed by atoms with Crippen molar-refractivity contribution in [1.82, 2.24) is 5.32 Å². The zero-order chi connectivity index (χ0) is 14.6. The fraction of sp³-hybridized carbons (Fsp3) is 0.562. The van der Waals surface area contributed by atoms with Gasteiger partial charge in [-0.3, -0.25) is 4.79 Å². The molecule has 110 valence electrons. The van der Waals surface area contributed by atoms with Crippen molar-refractivity contribution in [1.29, 1.82) is 0 Å². The number of carbonyl (C=O) groups is 1. The number of hydrogen-bond acceptors (Lipinski definition) is 3. The van der Waals surface area contributed by atoms with E-state index in [-0.39, 0.29) is 6.10 Å². The minimum absolute atomic E-state index is 0.0410. The molecule has 0 saturated heterocycles. The van der Waals surface area contributed by atoms with Gasteiger partial charge in [0, 0.05) is 6.42 Å². The topological polar surface area (TPSA) is 58.6 Å². The van der Waals surface area contributed by atoms with Gasteiger partial charge in [-0.05, 0) is 50.4 Å². The molecule has 0 aliphatic heterocycles. The Balaban J connectivity index is 2.08. The van der Waals surface area contributed by atoms with E-state index in [1.807, 2.05) is 38.1 Å². The summed E-state index contributed by atoms with van der Waals surface area (Å²) in [5, 5.41) is 12.7. The molecule has 0 aromatic heterocycles. The van der Waals surface area contributed by atoms with Crippen molar-refractivity contribution in [2.24, 2.45) is 0 Å². The van der Waals surface area contributed by atoms with Gasteiger partial charge in [0.25, 0.3) is 0 Å². The molecule has 2 rings (SSSR count). The maximum Gasteiger partial charge on any atom is 0.324 e. The summed E-state index contributed by atoms with van der Waals surface area (Å²) in [5.41, 5.74) is 0.316. The number of likely N-dealkylation sites (N-methyl/N-ethyl adjacent to an activating group) is 1. The highest BCUT2D eigenvalue weighted by molar-refractivity contribution is 5.79. The van der Waals surface area contributed by atoms with Gasteiger partial charge in [0.15, 0.2) is 0 Å². The first-order valence-electron chi connectivity index (χ1n) is 7.27. The zero-order valence-electron chi connectivity index (χ0n) is 12.2. The van der Waals surface area contributed by atoms with Gasteiger partial charge in [-0.2, -0.15) is 0 Å². The summed E-state index contributed by atoms with van der Waals surface area (Å²) in [5.74, 6) is 0.0598. The van der Waals surface area contributed by atoms with Crippen LogP contribution in [0.15, 0.2) is 24.3 Å². The van der Waals surface area contributed by atoms with Crippen LogP contribution in [0.1, 0.15) is 38.2 Å². The predicted octanol–water partition coefficient (Wildman–Crippen LogP) is 2.75. The Morgan fingerprint density at radius 1 is 1.55 bits per heavy atom. The van der Waals surface area contributed by atoms with Crippen molar-refractivity contribution >= 4 is 5.97 Å². The average molecular weight is 277 g/mol. The number of rotatable bonds is 5. The van der Waals surface area contributed by atoms with E-state index in [0.29, 0.717) is 19.4 Å². The highest BCUT2D eigenvalue weighted by atomic mass is 16.5. The largest absolute Gasteiger partial charge is 0.490 e. The lowest BCUT2D eigenvalue weighted by Crippen LogP contribution is -2.56. The van der Waals surface area contributed by atoms with Crippen LogP contribution in [0.3, 0.4) is 0 Å². The zero-order valence-corrected chi connectivity index (χ0v) is 12.2. The number of hydrogen-bond donors (Lipinski definition) is 2. The highest BCUT2D eigenvalue weighted by Crippen LogP contribution is 2.31. The number of nitrogens with one attached hydrogen (secondary N) is 1. The molecule has 1 saturated carbocycles. The van der Waals surface area contributed by atoms with Gasteiger partial charge in [0.1, 0.15) is 17.4 Å². The summed E-state index contributed by atoms with van der Waals surface area (Å²) in [6, 6.07) is 7.90. The van der Waals surface area contributed by atoms with Crippen molar-refractivity contribution in [3.05, 3.63) is 29.8 Å². The lowest BCUT2D eigenvalue weighted by molar-refractivity contribution is -0.147. The highest BCUT2D eigenvalue weighted by Gasteiger charge is 2.43. The molecule has 2 atom stereocenters. The molecule has 1 aliphatic rings. The number of benzene rings is 1.